The molecule has 4 rings (SSSR count). The average molecular weight is 409 g/mol. The Kier molecular flexibility index (Phi) is 5.80. The zero-order chi connectivity index (χ0) is 20.2. The van der Waals surface area contributed by atoms with Crippen LogP contribution in [0.3, 0.4) is 0 Å². The Hall–Kier alpha value is -2.87. The second-order valence-corrected chi connectivity index (χ2v) is 8.03. The second-order valence-electron chi connectivity index (χ2n) is 7.09. The molecule has 0 unspecified atom stereocenters. The molecule has 0 aliphatic carbocycles. The van der Waals surface area contributed by atoms with Crippen molar-refractivity contribution in [1.82, 2.24) is 19.9 Å². The first-order valence-electron chi connectivity index (χ1n) is 9.67. The maximum Gasteiger partial charge on any atom is 0.252 e. The molecule has 0 amide bonds. The molecule has 1 saturated heterocycles. The fourth-order valence-corrected chi connectivity index (χ4v) is 4.27. The standard InChI is InChI=1S/C21H24N6OS/c1-15-12-16(2)23-21(22-15)29-14-17-13-19(28)25-20(24-17)27-10-8-26(9-11-27)18-6-4-3-5-7-18/h3-7,12-13H,8-11,14H2,1-2H3,(H,24,25,28). The number of aromatic nitrogens is 4. The molecule has 0 saturated carbocycles. The molecule has 8 heteroatoms. The highest BCUT2D eigenvalue weighted by atomic mass is 32.2. The maximum absolute atomic E-state index is 12.2. The van der Waals surface area contributed by atoms with Crippen LogP contribution < -0.4 is 15.4 Å². The molecular formula is C21H24N6OS. The summed E-state index contributed by atoms with van der Waals surface area (Å²) in [6.07, 6.45) is 0. The lowest BCUT2D eigenvalue weighted by Gasteiger charge is -2.36. The van der Waals surface area contributed by atoms with Gasteiger partial charge in [-0.15, -0.1) is 0 Å². The van der Waals surface area contributed by atoms with Crippen molar-refractivity contribution < 1.29 is 0 Å². The fraction of sp³-hybridized carbons (Fsp3) is 0.333. The quantitative estimate of drug-likeness (QED) is 0.514. The molecule has 0 spiro atoms. The van der Waals surface area contributed by atoms with Gasteiger partial charge in [-0.25, -0.2) is 15.0 Å². The average Bonchev–Trinajstić information content (AvgIpc) is 2.72. The summed E-state index contributed by atoms with van der Waals surface area (Å²) in [6.45, 7) is 7.32. The van der Waals surface area contributed by atoms with E-state index in [9.17, 15) is 4.79 Å². The van der Waals surface area contributed by atoms with Crippen LogP contribution in [0.2, 0.25) is 0 Å². The number of piperazine rings is 1. The van der Waals surface area contributed by atoms with E-state index in [-0.39, 0.29) is 5.56 Å². The van der Waals surface area contributed by atoms with E-state index in [1.165, 1.54) is 17.4 Å². The van der Waals surface area contributed by atoms with Gasteiger partial charge in [-0.2, -0.15) is 0 Å². The Morgan fingerprint density at radius 1 is 0.931 bits per heavy atom. The van der Waals surface area contributed by atoms with E-state index in [1.807, 2.05) is 26.0 Å². The summed E-state index contributed by atoms with van der Waals surface area (Å²) < 4.78 is 0. The van der Waals surface area contributed by atoms with Crippen LogP contribution in [-0.2, 0) is 5.75 Å². The van der Waals surface area contributed by atoms with Gasteiger partial charge in [0.25, 0.3) is 5.56 Å². The van der Waals surface area contributed by atoms with E-state index >= 15 is 0 Å². The van der Waals surface area contributed by atoms with Gasteiger partial charge in [0, 0.05) is 55.1 Å². The number of benzene rings is 1. The topological polar surface area (TPSA) is 78.0 Å². The predicted molar refractivity (Wildman–Crippen MR) is 117 cm³/mol. The number of para-hydroxylation sites is 1. The lowest BCUT2D eigenvalue weighted by molar-refractivity contribution is 0.638. The van der Waals surface area contributed by atoms with Crippen molar-refractivity contribution in [3.63, 3.8) is 0 Å². The Morgan fingerprint density at radius 2 is 1.59 bits per heavy atom. The van der Waals surface area contributed by atoms with Crippen LogP contribution in [0.25, 0.3) is 0 Å². The van der Waals surface area contributed by atoms with Gasteiger partial charge >= 0.3 is 0 Å². The first-order valence-corrected chi connectivity index (χ1v) is 10.7. The van der Waals surface area contributed by atoms with E-state index in [0.717, 1.165) is 43.3 Å². The van der Waals surface area contributed by atoms with Gasteiger partial charge in [-0.05, 0) is 32.0 Å². The minimum Gasteiger partial charge on any atom is -0.368 e. The van der Waals surface area contributed by atoms with E-state index in [0.29, 0.717) is 16.9 Å². The summed E-state index contributed by atoms with van der Waals surface area (Å²) in [7, 11) is 0. The van der Waals surface area contributed by atoms with Crippen molar-refractivity contribution in [2.24, 2.45) is 0 Å². The van der Waals surface area contributed by atoms with Gasteiger partial charge in [0.1, 0.15) is 0 Å². The Bertz CT molecular complexity index is 1010. The van der Waals surface area contributed by atoms with Crippen LogP contribution in [0, 0.1) is 13.8 Å². The van der Waals surface area contributed by atoms with Gasteiger partial charge in [0.05, 0.1) is 5.69 Å². The monoisotopic (exact) mass is 408 g/mol. The number of anilines is 2. The van der Waals surface area contributed by atoms with Crippen molar-refractivity contribution in [1.29, 1.82) is 0 Å². The molecule has 0 atom stereocenters. The summed E-state index contributed by atoms with van der Waals surface area (Å²) >= 11 is 1.50. The molecule has 7 nitrogen and oxygen atoms in total. The Morgan fingerprint density at radius 3 is 2.28 bits per heavy atom. The summed E-state index contributed by atoms with van der Waals surface area (Å²) in [5.74, 6) is 1.20. The zero-order valence-electron chi connectivity index (χ0n) is 16.6. The van der Waals surface area contributed by atoms with Gasteiger partial charge in [0.15, 0.2) is 5.16 Å². The van der Waals surface area contributed by atoms with Crippen LogP contribution in [0.4, 0.5) is 11.6 Å². The lowest BCUT2D eigenvalue weighted by atomic mass is 10.2. The molecule has 1 aromatic carbocycles. The number of hydrogen-bond acceptors (Lipinski definition) is 7. The molecule has 1 aliphatic rings. The van der Waals surface area contributed by atoms with Crippen LogP contribution >= 0.6 is 11.8 Å². The maximum atomic E-state index is 12.2. The number of thioether (sulfide) groups is 1. The number of rotatable bonds is 5. The van der Waals surface area contributed by atoms with Crippen LogP contribution in [-0.4, -0.2) is 46.1 Å². The van der Waals surface area contributed by atoms with Crippen molar-refractivity contribution in [2.45, 2.75) is 24.8 Å². The minimum atomic E-state index is -0.127. The third-order valence-corrected chi connectivity index (χ3v) is 5.67. The first-order chi connectivity index (χ1) is 14.1. The zero-order valence-corrected chi connectivity index (χ0v) is 17.4. The summed E-state index contributed by atoms with van der Waals surface area (Å²) in [4.78, 5) is 33.1. The first kappa shape index (κ1) is 19.4. The highest BCUT2D eigenvalue weighted by Crippen LogP contribution is 2.21. The molecule has 1 fully saturated rings. The molecule has 2 aromatic heterocycles. The number of H-pyrrole nitrogens is 1. The second kappa shape index (κ2) is 8.65. The van der Waals surface area contributed by atoms with Crippen LogP contribution in [0.5, 0.6) is 0 Å². The molecule has 3 aromatic rings. The van der Waals surface area contributed by atoms with Crippen molar-refractivity contribution in [2.75, 3.05) is 36.0 Å². The van der Waals surface area contributed by atoms with E-state index in [1.54, 1.807) is 6.07 Å². The molecule has 1 aliphatic heterocycles. The number of aromatic amines is 1. The molecule has 0 bridgehead atoms. The third kappa shape index (κ3) is 4.95. The van der Waals surface area contributed by atoms with Crippen molar-refractivity contribution >= 4 is 23.4 Å². The highest BCUT2D eigenvalue weighted by molar-refractivity contribution is 7.98. The molecular weight excluding hydrogens is 384 g/mol. The summed E-state index contributed by atoms with van der Waals surface area (Å²) in [6, 6.07) is 13.9. The van der Waals surface area contributed by atoms with E-state index in [2.05, 4.69) is 49.0 Å². The summed E-state index contributed by atoms with van der Waals surface area (Å²) in [5.41, 5.74) is 3.72. The Balaban J connectivity index is 1.43. The number of aryl methyl sites for hydroxylation is 2. The number of hydrogen-bond donors (Lipinski definition) is 1. The van der Waals surface area contributed by atoms with Crippen LogP contribution in [0.1, 0.15) is 17.1 Å². The molecule has 3 heterocycles. The number of nitrogens with zero attached hydrogens (tertiary/aromatic N) is 5. The highest BCUT2D eigenvalue weighted by Gasteiger charge is 2.19. The number of nitrogens with one attached hydrogen (secondary N) is 1. The molecule has 1 N–H and O–H groups in total. The smallest absolute Gasteiger partial charge is 0.252 e. The van der Waals surface area contributed by atoms with Gasteiger partial charge < -0.3 is 9.80 Å². The molecule has 29 heavy (non-hydrogen) atoms. The molecule has 150 valence electrons. The third-order valence-electron chi connectivity index (χ3n) is 4.79. The van der Waals surface area contributed by atoms with Crippen molar-refractivity contribution in [3.8, 4) is 0 Å². The minimum absolute atomic E-state index is 0.127. The van der Waals surface area contributed by atoms with Crippen molar-refractivity contribution in [3.05, 3.63) is 69.9 Å². The SMILES string of the molecule is Cc1cc(C)nc(SCc2cc(=O)[nH]c(N3CCN(c4ccccc4)CC3)n2)n1. The fourth-order valence-electron chi connectivity index (χ4n) is 3.43. The lowest BCUT2D eigenvalue weighted by Crippen LogP contribution is -2.47. The normalized spacial score (nSPS) is 14.3. The Labute approximate surface area is 174 Å². The van der Waals surface area contributed by atoms with Gasteiger partial charge in [-0.1, -0.05) is 30.0 Å². The van der Waals surface area contributed by atoms with Crippen LogP contribution in [0.15, 0.2) is 52.4 Å². The van der Waals surface area contributed by atoms with Gasteiger partial charge in [-0.3, -0.25) is 9.78 Å². The van der Waals surface area contributed by atoms with Gasteiger partial charge in [0.2, 0.25) is 5.95 Å². The summed E-state index contributed by atoms with van der Waals surface area (Å²) in [5, 5.41) is 0.711. The largest absolute Gasteiger partial charge is 0.368 e. The van der Waals surface area contributed by atoms with E-state index in [4.69, 9.17) is 4.98 Å². The predicted octanol–water partition coefficient (Wildman–Crippen LogP) is 2.80. The van der Waals surface area contributed by atoms with E-state index < -0.39 is 0 Å². The molecule has 0 radical (unpaired) electrons.